The number of hydrogen-bond donors (Lipinski definition) is 1. The second kappa shape index (κ2) is 8.33. The molecule has 1 saturated heterocycles. The van der Waals surface area contributed by atoms with Gasteiger partial charge in [-0.2, -0.15) is 0 Å². The van der Waals surface area contributed by atoms with Gasteiger partial charge in [-0.25, -0.2) is 27.5 Å². The number of thiophene rings is 1. The largest absolute Gasteiger partial charge is 0.353 e. The van der Waals surface area contributed by atoms with Crippen LogP contribution in [0.2, 0.25) is 0 Å². The van der Waals surface area contributed by atoms with E-state index in [0.717, 1.165) is 53.0 Å². The zero-order valence-electron chi connectivity index (χ0n) is 16.1. The Morgan fingerprint density at radius 1 is 1.24 bits per heavy atom. The lowest BCUT2D eigenvalue weighted by Gasteiger charge is -2.37. The number of sulfonamides is 1. The first-order chi connectivity index (χ1) is 13.9. The molecular weight excluding hydrogens is 411 g/mol. The van der Waals surface area contributed by atoms with Crippen LogP contribution in [-0.2, 0) is 10.0 Å². The first-order valence-electron chi connectivity index (χ1n) is 9.62. The van der Waals surface area contributed by atoms with E-state index in [2.05, 4.69) is 19.6 Å². The summed E-state index contributed by atoms with van der Waals surface area (Å²) < 4.78 is 38.8. The van der Waals surface area contributed by atoms with E-state index in [0.29, 0.717) is 13.0 Å². The second-order valence-electron chi connectivity index (χ2n) is 7.33. The highest BCUT2D eigenvalue weighted by Gasteiger charge is 2.27. The Morgan fingerprint density at radius 2 is 2.03 bits per heavy atom. The van der Waals surface area contributed by atoms with E-state index in [1.54, 1.807) is 29.8 Å². The predicted octanol–water partition coefficient (Wildman–Crippen LogP) is 3.80. The average molecular weight is 435 g/mol. The summed E-state index contributed by atoms with van der Waals surface area (Å²) in [6.45, 7) is 1.27. The Balaban J connectivity index is 1.70. The summed E-state index contributed by atoms with van der Waals surface area (Å²) in [5.74, 6) is 0.610. The van der Waals surface area contributed by atoms with Gasteiger partial charge in [0.2, 0.25) is 10.0 Å². The van der Waals surface area contributed by atoms with Gasteiger partial charge >= 0.3 is 0 Å². The standard InChI is InChI=1S/C20H23FN4O2S2/c1-29(26,27)24-10-9-16-4-2-3-11-25(16)19-18-17(12-28-20(18)23-13-22-19)14-5-7-15(21)8-6-14/h5-8,12-13,16,24H,2-4,9-11H2,1H3/t16-/m0/s1. The number of benzene rings is 1. The van der Waals surface area contributed by atoms with Gasteiger partial charge in [0, 0.05) is 30.1 Å². The lowest BCUT2D eigenvalue weighted by Crippen LogP contribution is -2.42. The lowest BCUT2D eigenvalue weighted by molar-refractivity contribution is 0.435. The number of halogens is 1. The van der Waals surface area contributed by atoms with Crippen molar-refractivity contribution in [3.63, 3.8) is 0 Å². The van der Waals surface area contributed by atoms with Crippen LogP contribution in [-0.4, -0.2) is 43.8 Å². The maximum Gasteiger partial charge on any atom is 0.208 e. The minimum Gasteiger partial charge on any atom is -0.353 e. The normalized spacial score (nSPS) is 17.7. The van der Waals surface area contributed by atoms with Crippen LogP contribution >= 0.6 is 11.3 Å². The number of nitrogens with one attached hydrogen (secondary N) is 1. The van der Waals surface area contributed by atoms with Crippen molar-refractivity contribution in [3.8, 4) is 11.1 Å². The molecule has 6 nitrogen and oxygen atoms in total. The highest BCUT2D eigenvalue weighted by Crippen LogP contribution is 2.39. The molecule has 0 spiro atoms. The Morgan fingerprint density at radius 3 is 2.79 bits per heavy atom. The first kappa shape index (κ1) is 20.2. The quantitative estimate of drug-likeness (QED) is 0.639. The van der Waals surface area contributed by atoms with Gasteiger partial charge in [-0.1, -0.05) is 12.1 Å². The summed E-state index contributed by atoms with van der Waals surface area (Å²) in [5, 5.41) is 3.02. The fourth-order valence-electron chi connectivity index (χ4n) is 3.91. The van der Waals surface area contributed by atoms with Crippen molar-refractivity contribution in [1.29, 1.82) is 0 Å². The summed E-state index contributed by atoms with van der Waals surface area (Å²) >= 11 is 1.55. The van der Waals surface area contributed by atoms with Crippen LogP contribution in [0, 0.1) is 5.82 Å². The lowest BCUT2D eigenvalue weighted by atomic mass is 9.98. The Kier molecular flexibility index (Phi) is 5.80. The highest BCUT2D eigenvalue weighted by molar-refractivity contribution is 7.88. The van der Waals surface area contributed by atoms with Crippen LogP contribution < -0.4 is 9.62 Å². The molecule has 1 N–H and O–H groups in total. The Bertz CT molecular complexity index is 1100. The molecule has 0 unspecified atom stereocenters. The molecule has 0 radical (unpaired) electrons. The molecule has 2 aromatic heterocycles. The zero-order valence-corrected chi connectivity index (χ0v) is 17.8. The maximum absolute atomic E-state index is 13.4. The van der Waals surface area contributed by atoms with Gasteiger partial charge < -0.3 is 4.90 Å². The van der Waals surface area contributed by atoms with Crippen LogP contribution in [0.15, 0.2) is 36.0 Å². The topological polar surface area (TPSA) is 75.2 Å². The van der Waals surface area contributed by atoms with E-state index >= 15 is 0 Å². The van der Waals surface area contributed by atoms with Gasteiger partial charge in [0.15, 0.2) is 0 Å². The molecule has 154 valence electrons. The number of fused-ring (bicyclic) bond motifs is 1. The van der Waals surface area contributed by atoms with Crippen LogP contribution in [0.4, 0.5) is 10.2 Å². The van der Waals surface area contributed by atoms with Crippen molar-refractivity contribution in [1.82, 2.24) is 14.7 Å². The minimum atomic E-state index is -3.20. The van der Waals surface area contributed by atoms with Gasteiger partial charge in [-0.3, -0.25) is 0 Å². The van der Waals surface area contributed by atoms with Crippen molar-refractivity contribution in [2.45, 2.75) is 31.7 Å². The SMILES string of the molecule is CS(=O)(=O)NCC[C@@H]1CCCCN1c1ncnc2scc(-c3ccc(F)cc3)c12. The number of anilines is 1. The number of aromatic nitrogens is 2. The predicted molar refractivity (Wildman–Crippen MR) is 115 cm³/mol. The minimum absolute atomic E-state index is 0.206. The third-order valence-electron chi connectivity index (χ3n) is 5.25. The molecule has 1 aliphatic rings. The molecule has 3 aromatic rings. The van der Waals surface area contributed by atoms with Crippen molar-refractivity contribution >= 4 is 37.4 Å². The van der Waals surface area contributed by atoms with Gasteiger partial charge in [0.1, 0.15) is 22.8 Å². The fraction of sp³-hybridized carbons (Fsp3) is 0.400. The van der Waals surface area contributed by atoms with Crippen molar-refractivity contribution in [3.05, 3.63) is 41.8 Å². The van der Waals surface area contributed by atoms with Crippen LogP contribution in [0.3, 0.4) is 0 Å². The maximum atomic E-state index is 13.4. The van der Waals surface area contributed by atoms with Crippen LogP contribution in [0.1, 0.15) is 25.7 Å². The fourth-order valence-corrected chi connectivity index (χ4v) is 5.31. The summed E-state index contributed by atoms with van der Waals surface area (Å²) in [6, 6.07) is 6.68. The molecule has 4 rings (SSSR count). The summed E-state index contributed by atoms with van der Waals surface area (Å²) in [5.41, 5.74) is 1.93. The van der Waals surface area contributed by atoms with Crippen LogP contribution in [0.25, 0.3) is 21.3 Å². The summed E-state index contributed by atoms with van der Waals surface area (Å²) in [4.78, 5) is 12.2. The van der Waals surface area contributed by atoms with Gasteiger partial charge in [0.05, 0.1) is 11.6 Å². The van der Waals surface area contributed by atoms with Gasteiger partial charge in [0.25, 0.3) is 0 Å². The Hall–Kier alpha value is -2.10. The molecule has 1 aromatic carbocycles. The molecule has 1 fully saturated rings. The molecule has 1 aliphatic heterocycles. The van der Waals surface area contributed by atoms with E-state index in [9.17, 15) is 12.8 Å². The molecule has 0 bridgehead atoms. The molecule has 1 atom stereocenters. The number of rotatable bonds is 6. The van der Waals surface area contributed by atoms with E-state index in [1.807, 2.05) is 5.38 Å². The van der Waals surface area contributed by atoms with E-state index < -0.39 is 10.0 Å². The number of piperidine rings is 1. The number of hydrogen-bond acceptors (Lipinski definition) is 6. The highest BCUT2D eigenvalue weighted by atomic mass is 32.2. The third kappa shape index (κ3) is 4.57. The van der Waals surface area contributed by atoms with Crippen molar-refractivity contribution < 1.29 is 12.8 Å². The molecule has 3 heterocycles. The molecule has 9 heteroatoms. The van der Waals surface area contributed by atoms with E-state index in [1.165, 1.54) is 18.4 Å². The average Bonchev–Trinajstić information content (AvgIpc) is 3.12. The summed E-state index contributed by atoms with van der Waals surface area (Å²) in [6.07, 6.45) is 6.66. The monoisotopic (exact) mass is 434 g/mol. The number of nitrogens with zero attached hydrogens (tertiary/aromatic N) is 3. The van der Waals surface area contributed by atoms with E-state index in [-0.39, 0.29) is 11.9 Å². The molecule has 0 amide bonds. The smallest absolute Gasteiger partial charge is 0.208 e. The summed E-state index contributed by atoms with van der Waals surface area (Å²) in [7, 11) is -3.20. The van der Waals surface area contributed by atoms with Crippen molar-refractivity contribution in [2.24, 2.45) is 0 Å². The van der Waals surface area contributed by atoms with Crippen molar-refractivity contribution in [2.75, 3.05) is 24.2 Å². The van der Waals surface area contributed by atoms with Crippen LogP contribution in [0.5, 0.6) is 0 Å². The van der Waals surface area contributed by atoms with Gasteiger partial charge in [-0.15, -0.1) is 11.3 Å². The molecular formula is C20H23FN4O2S2. The second-order valence-corrected chi connectivity index (χ2v) is 10.0. The molecule has 29 heavy (non-hydrogen) atoms. The zero-order chi connectivity index (χ0) is 20.4. The third-order valence-corrected chi connectivity index (χ3v) is 6.86. The molecule has 0 aliphatic carbocycles. The first-order valence-corrected chi connectivity index (χ1v) is 12.4. The Labute approximate surface area is 173 Å². The van der Waals surface area contributed by atoms with Gasteiger partial charge in [-0.05, 0) is 43.4 Å². The van der Waals surface area contributed by atoms with E-state index in [4.69, 9.17) is 0 Å². The molecule has 0 saturated carbocycles.